The summed E-state index contributed by atoms with van der Waals surface area (Å²) < 4.78 is 19.0. The molecule has 0 aliphatic carbocycles. The van der Waals surface area contributed by atoms with E-state index in [0.717, 1.165) is 23.8 Å². The molecule has 1 aliphatic heterocycles. The molecule has 1 amide bonds. The lowest BCUT2D eigenvalue weighted by atomic mass is 10.1. The molecule has 0 aromatic heterocycles. The van der Waals surface area contributed by atoms with E-state index in [2.05, 4.69) is 5.32 Å². The minimum atomic E-state index is -0.562. The van der Waals surface area contributed by atoms with E-state index in [1.807, 2.05) is 13.8 Å². The van der Waals surface area contributed by atoms with E-state index in [-0.39, 0.29) is 36.0 Å². The van der Waals surface area contributed by atoms with Crippen molar-refractivity contribution in [1.82, 2.24) is 4.90 Å². The number of amides is 1. The number of anilines is 1. The normalized spacial score (nSPS) is 19.3. The van der Waals surface area contributed by atoms with Crippen molar-refractivity contribution in [3.05, 3.63) is 69.5 Å². The third-order valence-corrected chi connectivity index (χ3v) is 4.55. The highest BCUT2D eigenvalue weighted by molar-refractivity contribution is 5.94. The van der Waals surface area contributed by atoms with E-state index >= 15 is 0 Å². The summed E-state index contributed by atoms with van der Waals surface area (Å²) in [6.45, 7) is 5.25. The van der Waals surface area contributed by atoms with E-state index < -0.39 is 10.7 Å². The smallest absolute Gasteiger partial charge is 0.292 e. The molecule has 1 heterocycles. The van der Waals surface area contributed by atoms with Gasteiger partial charge in [-0.1, -0.05) is 12.1 Å². The molecular weight excluding hydrogens is 365 g/mol. The van der Waals surface area contributed by atoms with Crippen LogP contribution in [0.2, 0.25) is 0 Å². The van der Waals surface area contributed by atoms with Gasteiger partial charge in [-0.3, -0.25) is 14.9 Å². The fourth-order valence-corrected chi connectivity index (χ4v) is 3.30. The molecule has 3 rings (SSSR count). The Hall–Kier alpha value is -3.00. The van der Waals surface area contributed by atoms with Crippen molar-refractivity contribution in [3.8, 4) is 0 Å². The molecule has 2 aromatic carbocycles. The number of rotatable bonds is 5. The fourth-order valence-electron chi connectivity index (χ4n) is 3.30. The number of halogens is 1. The van der Waals surface area contributed by atoms with Gasteiger partial charge in [-0.15, -0.1) is 0 Å². The van der Waals surface area contributed by atoms with E-state index in [1.54, 1.807) is 29.2 Å². The largest absolute Gasteiger partial charge is 0.375 e. The quantitative estimate of drug-likeness (QED) is 0.626. The number of carbonyl (C=O) groups excluding carboxylic acids is 1. The number of carbonyl (C=O) groups is 1. The number of nitro groups is 1. The van der Waals surface area contributed by atoms with Gasteiger partial charge in [-0.2, -0.15) is 0 Å². The highest BCUT2D eigenvalue weighted by Crippen LogP contribution is 2.25. The second-order valence-electron chi connectivity index (χ2n) is 6.94. The molecule has 8 heteroatoms. The number of morpholine rings is 1. The lowest BCUT2D eigenvalue weighted by Gasteiger charge is -2.35. The lowest BCUT2D eigenvalue weighted by molar-refractivity contribution is -0.384. The van der Waals surface area contributed by atoms with Crippen molar-refractivity contribution in [3.63, 3.8) is 0 Å². The molecule has 0 radical (unpaired) electrons. The molecule has 2 atom stereocenters. The van der Waals surface area contributed by atoms with E-state index in [0.29, 0.717) is 18.7 Å². The predicted octanol–water partition coefficient (Wildman–Crippen LogP) is 3.60. The van der Waals surface area contributed by atoms with Gasteiger partial charge < -0.3 is 15.0 Å². The first-order valence-electron chi connectivity index (χ1n) is 9.05. The van der Waals surface area contributed by atoms with Gasteiger partial charge in [0.1, 0.15) is 11.5 Å². The zero-order valence-electron chi connectivity index (χ0n) is 15.7. The van der Waals surface area contributed by atoms with Gasteiger partial charge >= 0.3 is 0 Å². The number of ether oxygens (including phenoxy) is 1. The molecule has 0 spiro atoms. The topological polar surface area (TPSA) is 84.7 Å². The Bertz CT molecular complexity index is 862. The minimum absolute atomic E-state index is 0.00164. The molecule has 0 bridgehead atoms. The summed E-state index contributed by atoms with van der Waals surface area (Å²) in [5.74, 6) is -0.606. The van der Waals surface area contributed by atoms with Crippen LogP contribution < -0.4 is 5.32 Å². The third kappa shape index (κ3) is 4.64. The average molecular weight is 387 g/mol. The Morgan fingerprint density at radius 3 is 2.46 bits per heavy atom. The van der Waals surface area contributed by atoms with Gasteiger partial charge in [0.05, 0.1) is 17.1 Å². The van der Waals surface area contributed by atoms with Crippen LogP contribution in [0.25, 0.3) is 0 Å². The molecule has 2 unspecified atom stereocenters. The van der Waals surface area contributed by atoms with E-state index in [1.165, 1.54) is 0 Å². The Morgan fingerprint density at radius 1 is 1.21 bits per heavy atom. The average Bonchev–Trinajstić information content (AvgIpc) is 2.65. The summed E-state index contributed by atoms with van der Waals surface area (Å²) >= 11 is 0. The lowest BCUT2D eigenvalue weighted by Crippen LogP contribution is -2.48. The molecule has 28 heavy (non-hydrogen) atoms. The van der Waals surface area contributed by atoms with Crippen LogP contribution in [0.15, 0.2) is 42.5 Å². The maximum Gasteiger partial charge on any atom is 0.292 e. The minimum Gasteiger partial charge on any atom is -0.375 e. The first kappa shape index (κ1) is 19.8. The monoisotopic (exact) mass is 387 g/mol. The number of benzene rings is 2. The number of hydrogen-bond acceptors (Lipinski definition) is 5. The molecule has 1 aliphatic rings. The standard InChI is InChI=1S/C20H22FN3O4/c1-13-11-23(12-14(2)28-13)20(25)16-5-3-15(4-6-16)10-22-18-9-17(21)7-8-19(18)24(26)27/h3-9,13-14,22H,10-12H2,1-2H3. The van der Waals surface area contributed by atoms with Crippen molar-refractivity contribution in [1.29, 1.82) is 0 Å². The van der Waals surface area contributed by atoms with Gasteiger partial charge in [0.15, 0.2) is 0 Å². The number of nitrogens with one attached hydrogen (secondary N) is 1. The molecule has 1 N–H and O–H groups in total. The second-order valence-corrected chi connectivity index (χ2v) is 6.94. The highest BCUT2D eigenvalue weighted by atomic mass is 19.1. The first-order valence-corrected chi connectivity index (χ1v) is 9.05. The number of hydrogen-bond donors (Lipinski definition) is 1. The van der Waals surface area contributed by atoms with Crippen LogP contribution in [-0.2, 0) is 11.3 Å². The molecule has 1 saturated heterocycles. The van der Waals surface area contributed by atoms with Gasteiger partial charge in [0, 0.05) is 37.3 Å². The Labute approximate surface area is 162 Å². The number of nitro benzene ring substituents is 1. The Morgan fingerprint density at radius 2 is 1.86 bits per heavy atom. The zero-order chi connectivity index (χ0) is 20.3. The van der Waals surface area contributed by atoms with Crippen LogP contribution in [-0.4, -0.2) is 41.0 Å². The Kier molecular flexibility index (Phi) is 5.89. The zero-order valence-corrected chi connectivity index (χ0v) is 15.7. The second kappa shape index (κ2) is 8.35. The van der Waals surface area contributed by atoms with Crippen LogP contribution in [0.4, 0.5) is 15.8 Å². The third-order valence-electron chi connectivity index (χ3n) is 4.55. The fraction of sp³-hybridized carbons (Fsp3) is 0.350. The van der Waals surface area contributed by atoms with Crippen LogP contribution in [0.5, 0.6) is 0 Å². The summed E-state index contributed by atoms with van der Waals surface area (Å²) in [7, 11) is 0. The maximum atomic E-state index is 13.4. The van der Waals surface area contributed by atoms with Crippen LogP contribution in [0.1, 0.15) is 29.8 Å². The summed E-state index contributed by atoms with van der Waals surface area (Å²) in [5, 5.41) is 13.9. The van der Waals surface area contributed by atoms with Crippen molar-refractivity contribution in [2.24, 2.45) is 0 Å². The van der Waals surface area contributed by atoms with E-state index in [4.69, 9.17) is 4.74 Å². The van der Waals surface area contributed by atoms with E-state index in [9.17, 15) is 19.3 Å². The van der Waals surface area contributed by atoms with Gasteiger partial charge in [0.2, 0.25) is 0 Å². The molecule has 0 saturated carbocycles. The van der Waals surface area contributed by atoms with Gasteiger partial charge in [-0.25, -0.2) is 4.39 Å². The predicted molar refractivity (Wildman–Crippen MR) is 103 cm³/mol. The Balaban J connectivity index is 1.66. The summed E-state index contributed by atoms with van der Waals surface area (Å²) in [6.07, 6.45) is -0.00327. The summed E-state index contributed by atoms with van der Waals surface area (Å²) in [4.78, 5) is 24.9. The molecular formula is C20H22FN3O4. The summed E-state index contributed by atoms with van der Waals surface area (Å²) in [6, 6.07) is 10.3. The van der Waals surface area contributed by atoms with Crippen molar-refractivity contribution in [2.45, 2.75) is 32.6 Å². The maximum absolute atomic E-state index is 13.4. The molecule has 2 aromatic rings. The highest BCUT2D eigenvalue weighted by Gasteiger charge is 2.26. The number of nitrogens with zero attached hydrogens (tertiary/aromatic N) is 2. The molecule has 1 fully saturated rings. The van der Waals surface area contributed by atoms with Crippen molar-refractivity contribution < 1.29 is 18.8 Å². The summed E-state index contributed by atoms with van der Waals surface area (Å²) in [5.41, 5.74) is 1.31. The van der Waals surface area contributed by atoms with Crippen LogP contribution in [0.3, 0.4) is 0 Å². The molecule has 148 valence electrons. The SMILES string of the molecule is CC1CN(C(=O)c2ccc(CNc3cc(F)ccc3[N+](=O)[O-])cc2)CC(C)O1. The van der Waals surface area contributed by atoms with Crippen molar-refractivity contribution in [2.75, 3.05) is 18.4 Å². The van der Waals surface area contributed by atoms with Crippen LogP contribution in [0, 0.1) is 15.9 Å². The van der Waals surface area contributed by atoms with Gasteiger partial charge in [-0.05, 0) is 37.6 Å². The molecule has 7 nitrogen and oxygen atoms in total. The van der Waals surface area contributed by atoms with Gasteiger partial charge in [0.25, 0.3) is 11.6 Å². The first-order chi connectivity index (χ1) is 13.3. The van der Waals surface area contributed by atoms with Crippen molar-refractivity contribution >= 4 is 17.3 Å². The van der Waals surface area contributed by atoms with Crippen LogP contribution >= 0.6 is 0 Å².